The Morgan fingerprint density at radius 3 is 2.43 bits per heavy atom. The molecule has 2 rings (SSSR count). The Hall–Kier alpha value is -3.42. The number of rotatable bonds is 6. The SMILES string of the molecule is CNC(=O)/C(=N\OCc1cccc(NC(=O)OC(C)(C)C)n1)c1ccccc1. The molecule has 8 heteroatoms. The van der Waals surface area contributed by atoms with E-state index in [1.54, 1.807) is 63.2 Å². The Morgan fingerprint density at radius 1 is 1.07 bits per heavy atom. The maximum atomic E-state index is 12.0. The van der Waals surface area contributed by atoms with Crippen molar-refractivity contribution in [3.8, 4) is 0 Å². The number of carbonyl (C=O) groups is 2. The lowest BCUT2D eigenvalue weighted by Crippen LogP contribution is -2.28. The monoisotopic (exact) mass is 384 g/mol. The predicted molar refractivity (Wildman–Crippen MR) is 106 cm³/mol. The molecule has 1 aromatic heterocycles. The summed E-state index contributed by atoms with van der Waals surface area (Å²) in [6.07, 6.45) is -0.595. The molecular formula is C20H24N4O4. The number of aromatic nitrogens is 1. The number of ether oxygens (including phenoxy) is 1. The second-order valence-electron chi connectivity index (χ2n) is 6.80. The quantitative estimate of drug-likeness (QED) is 0.589. The Labute approximate surface area is 163 Å². The summed E-state index contributed by atoms with van der Waals surface area (Å²) in [5.41, 5.74) is 0.718. The molecule has 2 aromatic rings. The molecule has 0 radical (unpaired) electrons. The number of anilines is 1. The van der Waals surface area contributed by atoms with Crippen LogP contribution in [0.15, 0.2) is 53.7 Å². The van der Waals surface area contributed by atoms with Gasteiger partial charge in [0, 0.05) is 12.6 Å². The maximum Gasteiger partial charge on any atom is 0.413 e. The van der Waals surface area contributed by atoms with E-state index in [0.717, 1.165) is 0 Å². The maximum absolute atomic E-state index is 12.0. The average molecular weight is 384 g/mol. The molecule has 0 aliphatic carbocycles. The topological polar surface area (TPSA) is 102 Å². The summed E-state index contributed by atoms with van der Waals surface area (Å²) in [7, 11) is 1.52. The smallest absolute Gasteiger partial charge is 0.413 e. The van der Waals surface area contributed by atoms with Gasteiger partial charge in [-0.05, 0) is 32.9 Å². The molecule has 0 aliphatic heterocycles. The molecule has 148 valence electrons. The fourth-order valence-electron chi connectivity index (χ4n) is 2.14. The summed E-state index contributed by atoms with van der Waals surface area (Å²) < 4.78 is 5.19. The fourth-order valence-corrected chi connectivity index (χ4v) is 2.14. The van der Waals surface area contributed by atoms with Crippen molar-refractivity contribution in [2.75, 3.05) is 12.4 Å². The van der Waals surface area contributed by atoms with Gasteiger partial charge in [0.1, 0.15) is 11.4 Å². The van der Waals surface area contributed by atoms with Gasteiger partial charge in [-0.15, -0.1) is 0 Å². The zero-order valence-corrected chi connectivity index (χ0v) is 16.4. The first-order chi connectivity index (χ1) is 13.3. The van der Waals surface area contributed by atoms with E-state index in [2.05, 4.69) is 20.8 Å². The van der Waals surface area contributed by atoms with Gasteiger partial charge in [0.25, 0.3) is 5.91 Å². The second kappa shape index (κ2) is 9.50. The summed E-state index contributed by atoms with van der Waals surface area (Å²) >= 11 is 0. The molecule has 0 spiro atoms. The van der Waals surface area contributed by atoms with Crippen molar-refractivity contribution in [3.05, 3.63) is 59.8 Å². The van der Waals surface area contributed by atoms with Gasteiger partial charge in [-0.2, -0.15) is 0 Å². The van der Waals surface area contributed by atoms with E-state index in [1.165, 1.54) is 7.05 Å². The van der Waals surface area contributed by atoms with Gasteiger partial charge in [0.15, 0.2) is 12.3 Å². The third-order valence-electron chi connectivity index (χ3n) is 3.29. The first kappa shape index (κ1) is 20.9. The predicted octanol–water partition coefficient (Wildman–Crippen LogP) is 3.10. The largest absolute Gasteiger partial charge is 0.444 e. The van der Waals surface area contributed by atoms with Crippen molar-refractivity contribution in [2.45, 2.75) is 33.0 Å². The van der Waals surface area contributed by atoms with E-state index < -0.39 is 11.7 Å². The number of likely N-dealkylation sites (N-methyl/N-ethyl adjacent to an activating group) is 1. The number of carbonyl (C=O) groups excluding carboxylic acids is 2. The highest BCUT2D eigenvalue weighted by molar-refractivity contribution is 6.45. The molecule has 0 bridgehead atoms. The minimum Gasteiger partial charge on any atom is -0.444 e. The molecule has 1 aromatic carbocycles. The Balaban J connectivity index is 2.04. The van der Waals surface area contributed by atoms with Crippen LogP contribution in [0.1, 0.15) is 32.0 Å². The molecule has 8 nitrogen and oxygen atoms in total. The highest BCUT2D eigenvalue weighted by Crippen LogP contribution is 2.11. The first-order valence-electron chi connectivity index (χ1n) is 8.72. The second-order valence-corrected chi connectivity index (χ2v) is 6.80. The number of hydrogen-bond donors (Lipinski definition) is 2. The van der Waals surface area contributed by atoms with Gasteiger partial charge < -0.3 is 14.9 Å². The van der Waals surface area contributed by atoms with Crippen molar-refractivity contribution >= 4 is 23.5 Å². The molecule has 2 N–H and O–H groups in total. The Kier molecular flexibility index (Phi) is 7.08. The summed E-state index contributed by atoms with van der Waals surface area (Å²) in [6, 6.07) is 14.1. The van der Waals surface area contributed by atoms with E-state index in [9.17, 15) is 9.59 Å². The fraction of sp³-hybridized carbons (Fsp3) is 0.300. The van der Waals surface area contributed by atoms with Crippen molar-refractivity contribution in [1.29, 1.82) is 0 Å². The standard InChI is InChI=1S/C20H24N4O4/c1-20(2,3)28-19(26)23-16-12-8-11-15(22-16)13-27-24-17(18(25)21-4)14-9-6-5-7-10-14/h5-12H,13H2,1-4H3,(H,21,25)(H,22,23,26)/b24-17-. The van der Waals surface area contributed by atoms with Crippen LogP contribution >= 0.6 is 0 Å². The van der Waals surface area contributed by atoms with Crippen LogP contribution < -0.4 is 10.6 Å². The molecule has 0 fully saturated rings. The Morgan fingerprint density at radius 2 is 1.79 bits per heavy atom. The number of amides is 2. The molecule has 0 aliphatic rings. The minimum atomic E-state index is -0.604. The van der Waals surface area contributed by atoms with E-state index in [1.807, 2.05) is 6.07 Å². The summed E-state index contributed by atoms with van der Waals surface area (Å²) in [5, 5.41) is 9.05. The zero-order chi connectivity index (χ0) is 20.6. The lowest BCUT2D eigenvalue weighted by molar-refractivity contribution is -0.114. The molecule has 28 heavy (non-hydrogen) atoms. The van der Waals surface area contributed by atoms with Crippen LogP contribution in [0.5, 0.6) is 0 Å². The van der Waals surface area contributed by atoms with E-state index in [0.29, 0.717) is 17.1 Å². The van der Waals surface area contributed by atoms with Gasteiger partial charge in [0.05, 0.1) is 5.69 Å². The highest BCUT2D eigenvalue weighted by Gasteiger charge is 2.17. The molecule has 0 saturated carbocycles. The van der Waals surface area contributed by atoms with Crippen molar-refractivity contribution < 1.29 is 19.2 Å². The van der Waals surface area contributed by atoms with Gasteiger partial charge in [-0.3, -0.25) is 10.1 Å². The van der Waals surface area contributed by atoms with Crippen LogP contribution in [0.2, 0.25) is 0 Å². The Bertz CT molecular complexity index is 845. The van der Waals surface area contributed by atoms with Gasteiger partial charge in [-0.1, -0.05) is 41.6 Å². The highest BCUT2D eigenvalue weighted by atomic mass is 16.6. The van der Waals surface area contributed by atoms with Gasteiger partial charge in [-0.25, -0.2) is 9.78 Å². The van der Waals surface area contributed by atoms with Crippen molar-refractivity contribution in [2.24, 2.45) is 5.16 Å². The normalized spacial score (nSPS) is 11.5. The van der Waals surface area contributed by atoms with Crippen molar-refractivity contribution in [1.82, 2.24) is 10.3 Å². The van der Waals surface area contributed by atoms with Crippen LogP contribution in [-0.4, -0.2) is 35.3 Å². The van der Waals surface area contributed by atoms with Crippen LogP contribution in [0, 0.1) is 0 Å². The lowest BCUT2D eigenvalue weighted by atomic mass is 10.1. The van der Waals surface area contributed by atoms with E-state index in [4.69, 9.17) is 9.57 Å². The molecular weight excluding hydrogens is 360 g/mol. The van der Waals surface area contributed by atoms with Crippen LogP contribution in [0.25, 0.3) is 0 Å². The van der Waals surface area contributed by atoms with Gasteiger partial charge in [0.2, 0.25) is 0 Å². The third kappa shape index (κ3) is 6.71. The zero-order valence-electron chi connectivity index (χ0n) is 16.4. The van der Waals surface area contributed by atoms with Crippen LogP contribution in [0.4, 0.5) is 10.6 Å². The molecule has 0 atom stereocenters. The number of benzene rings is 1. The molecule has 2 amide bonds. The minimum absolute atomic E-state index is 0.0250. The number of hydrogen-bond acceptors (Lipinski definition) is 6. The average Bonchev–Trinajstić information content (AvgIpc) is 2.64. The third-order valence-corrected chi connectivity index (χ3v) is 3.29. The number of nitrogens with one attached hydrogen (secondary N) is 2. The lowest BCUT2D eigenvalue weighted by Gasteiger charge is -2.19. The van der Waals surface area contributed by atoms with Crippen molar-refractivity contribution in [3.63, 3.8) is 0 Å². The number of oxime groups is 1. The summed E-state index contributed by atoms with van der Waals surface area (Å²) in [6.45, 7) is 5.36. The molecule has 1 heterocycles. The molecule has 0 unspecified atom stereocenters. The summed E-state index contributed by atoms with van der Waals surface area (Å²) in [4.78, 5) is 33.5. The van der Waals surface area contributed by atoms with E-state index >= 15 is 0 Å². The number of pyridine rings is 1. The van der Waals surface area contributed by atoms with Gasteiger partial charge >= 0.3 is 6.09 Å². The van der Waals surface area contributed by atoms with E-state index in [-0.39, 0.29) is 18.2 Å². The number of nitrogens with zero attached hydrogens (tertiary/aromatic N) is 2. The summed E-state index contributed by atoms with van der Waals surface area (Å²) in [5.74, 6) is -0.0339. The van der Waals surface area contributed by atoms with Crippen LogP contribution in [-0.2, 0) is 21.0 Å². The van der Waals surface area contributed by atoms with Crippen LogP contribution in [0.3, 0.4) is 0 Å². The first-order valence-corrected chi connectivity index (χ1v) is 8.72. The molecule has 0 saturated heterocycles.